The van der Waals surface area contributed by atoms with Gasteiger partial charge >= 0.3 is 0 Å². The molecular formula is C18H20Br2N2. The lowest BCUT2D eigenvalue weighted by Crippen LogP contribution is -2.40. The molecule has 2 nitrogen and oxygen atoms in total. The van der Waals surface area contributed by atoms with Gasteiger partial charge in [-0.05, 0) is 55.4 Å². The molecule has 2 aliphatic rings. The topological polar surface area (TPSA) is 25.8 Å². The van der Waals surface area contributed by atoms with Crippen LogP contribution in [0.2, 0.25) is 0 Å². The normalized spacial score (nSPS) is 32.7. The number of alkyl halides is 2. The molecule has 0 N–H and O–H groups in total. The maximum absolute atomic E-state index is 5.11. The first-order valence-electron chi connectivity index (χ1n) is 7.88. The van der Waals surface area contributed by atoms with Gasteiger partial charge in [-0.15, -0.1) is 0 Å². The molecule has 1 saturated carbocycles. The Morgan fingerprint density at radius 1 is 1.09 bits per heavy atom. The van der Waals surface area contributed by atoms with Gasteiger partial charge in [0.05, 0.1) is 22.4 Å². The van der Waals surface area contributed by atoms with Gasteiger partial charge in [-0.2, -0.15) is 0 Å². The van der Waals surface area contributed by atoms with Crippen molar-refractivity contribution in [3.63, 3.8) is 0 Å². The average Bonchev–Trinajstić information content (AvgIpc) is 2.91. The molecule has 4 heteroatoms. The molecule has 4 rings (SSSR count). The first-order chi connectivity index (χ1) is 10.5. The third-order valence-corrected chi connectivity index (χ3v) is 8.44. The van der Waals surface area contributed by atoms with E-state index in [2.05, 4.69) is 64.8 Å². The Bertz CT molecular complexity index is 788. The fourth-order valence-corrected chi connectivity index (χ4v) is 6.69. The second-order valence-electron chi connectivity index (χ2n) is 7.24. The average molecular weight is 424 g/mol. The Morgan fingerprint density at radius 3 is 2.32 bits per heavy atom. The Morgan fingerprint density at radius 2 is 1.73 bits per heavy atom. The zero-order valence-electron chi connectivity index (χ0n) is 13.2. The number of halogens is 2. The molecule has 2 aliphatic carbocycles. The van der Waals surface area contributed by atoms with E-state index in [9.17, 15) is 0 Å². The van der Waals surface area contributed by atoms with Gasteiger partial charge < -0.3 is 0 Å². The van der Waals surface area contributed by atoms with Crippen LogP contribution >= 0.6 is 31.9 Å². The Hall–Kier alpha value is -0.480. The van der Waals surface area contributed by atoms with Gasteiger partial charge in [-0.1, -0.05) is 38.8 Å². The van der Waals surface area contributed by atoms with Crippen molar-refractivity contribution in [1.29, 1.82) is 0 Å². The minimum atomic E-state index is 0.122. The molecule has 1 aromatic carbocycles. The lowest BCUT2D eigenvalue weighted by molar-refractivity contribution is 0.243. The van der Waals surface area contributed by atoms with Crippen LogP contribution in [0.1, 0.15) is 48.2 Å². The standard InChI is InChI=1S/C18H20Br2N2/c1-10-6-13-14(7-11(10)2)22-16-15(21-13)12-4-5-18(16,9-20)17(12,3)8-19/h6-7,12H,4-5,8-9H2,1-3H3/t12-,17-,18+/m0/s1. The number of hydrogen-bond donors (Lipinski definition) is 0. The molecule has 22 heavy (non-hydrogen) atoms. The number of nitrogens with zero attached hydrogens (tertiary/aromatic N) is 2. The summed E-state index contributed by atoms with van der Waals surface area (Å²) in [4.78, 5) is 10.2. The summed E-state index contributed by atoms with van der Waals surface area (Å²) in [5, 5.41) is 1.97. The fourth-order valence-electron chi connectivity index (χ4n) is 4.58. The third kappa shape index (κ3) is 1.61. The SMILES string of the molecule is Cc1cc2nc3c(nc2cc1C)[C@]1(CBr)CC[C@@H]3[C@]1(C)CBr. The van der Waals surface area contributed by atoms with Crippen LogP contribution in [0.5, 0.6) is 0 Å². The van der Waals surface area contributed by atoms with E-state index in [1.807, 2.05) is 0 Å². The highest BCUT2D eigenvalue weighted by molar-refractivity contribution is 9.09. The molecule has 1 heterocycles. The number of fused-ring (bicyclic) bond motifs is 6. The summed E-state index contributed by atoms with van der Waals surface area (Å²) in [5.74, 6) is 0.526. The van der Waals surface area contributed by atoms with E-state index in [0.29, 0.717) is 5.92 Å². The van der Waals surface area contributed by atoms with Crippen molar-refractivity contribution in [1.82, 2.24) is 9.97 Å². The van der Waals surface area contributed by atoms with Gasteiger partial charge in [-0.25, -0.2) is 9.97 Å². The molecule has 3 atom stereocenters. The van der Waals surface area contributed by atoms with Gasteiger partial charge in [0.15, 0.2) is 0 Å². The Balaban J connectivity index is 2.04. The summed E-state index contributed by atoms with van der Waals surface area (Å²) in [7, 11) is 0. The molecular weight excluding hydrogens is 404 g/mol. The van der Waals surface area contributed by atoms with Gasteiger partial charge in [-0.3, -0.25) is 0 Å². The van der Waals surface area contributed by atoms with Crippen molar-refractivity contribution in [3.8, 4) is 0 Å². The molecule has 2 bridgehead atoms. The van der Waals surface area contributed by atoms with E-state index >= 15 is 0 Å². The highest BCUT2D eigenvalue weighted by Gasteiger charge is 2.65. The molecule has 0 radical (unpaired) electrons. The monoisotopic (exact) mass is 422 g/mol. The second kappa shape index (κ2) is 4.76. The Labute approximate surface area is 148 Å². The summed E-state index contributed by atoms with van der Waals surface area (Å²) < 4.78 is 0. The lowest BCUT2D eigenvalue weighted by atomic mass is 9.70. The van der Waals surface area contributed by atoms with E-state index in [0.717, 1.165) is 21.7 Å². The molecule has 2 aromatic rings. The number of aryl methyl sites for hydroxylation is 2. The third-order valence-electron chi connectivity index (χ3n) is 6.32. The molecule has 1 fully saturated rings. The first kappa shape index (κ1) is 15.1. The van der Waals surface area contributed by atoms with Crippen LogP contribution in [0.4, 0.5) is 0 Å². The van der Waals surface area contributed by atoms with Crippen molar-refractivity contribution < 1.29 is 0 Å². The smallest absolute Gasteiger partial charge is 0.0893 e. The highest BCUT2D eigenvalue weighted by atomic mass is 79.9. The quantitative estimate of drug-likeness (QED) is 0.622. The van der Waals surface area contributed by atoms with Gasteiger partial charge in [0.2, 0.25) is 0 Å². The molecule has 1 aromatic heterocycles. The predicted molar refractivity (Wildman–Crippen MR) is 98.4 cm³/mol. The van der Waals surface area contributed by atoms with Gasteiger partial charge in [0, 0.05) is 22.0 Å². The van der Waals surface area contributed by atoms with Crippen LogP contribution in [0.25, 0.3) is 11.0 Å². The maximum atomic E-state index is 5.11. The van der Waals surface area contributed by atoms with Crippen molar-refractivity contribution in [2.45, 2.75) is 44.9 Å². The van der Waals surface area contributed by atoms with E-state index < -0.39 is 0 Å². The zero-order valence-corrected chi connectivity index (χ0v) is 16.4. The fraction of sp³-hybridized carbons (Fsp3) is 0.556. The maximum Gasteiger partial charge on any atom is 0.0893 e. The summed E-state index contributed by atoms with van der Waals surface area (Å²) in [6.45, 7) is 6.71. The van der Waals surface area contributed by atoms with Crippen LogP contribution in [0.3, 0.4) is 0 Å². The summed E-state index contributed by atoms with van der Waals surface area (Å²) >= 11 is 7.60. The molecule has 116 valence electrons. The molecule has 0 aliphatic heterocycles. The van der Waals surface area contributed by atoms with Crippen LogP contribution in [0.15, 0.2) is 12.1 Å². The van der Waals surface area contributed by atoms with Crippen molar-refractivity contribution in [2.75, 3.05) is 10.7 Å². The van der Waals surface area contributed by atoms with Crippen LogP contribution < -0.4 is 0 Å². The lowest BCUT2D eigenvalue weighted by Gasteiger charge is -2.38. The molecule has 0 saturated heterocycles. The molecule has 0 amide bonds. The van der Waals surface area contributed by atoms with E-state index in [1.165, 1.54) is 35.4 Å². The van der Waals surface area contributed by atoms with E-state index in [-0.39, 0.29) is 10.8 Å². The second-order valence-corrected chi connectivity index (χ2v) is 8.36. The highest BCUT2D eigenvalue weighted by Crippen LogP contribution is 2.68. The van der Waals surface area contributed by atoms with Gasteiger partial charge in [0.25, 0.3) is 0 Å². The van der Waals surface area contributed by atoms with Crippen LogP contribution in [-0.4, -0.2) is 20.6 Å². The molecule has 0 unspecified atom stereocenters. The minimum Gasteiger partial charge on any atom is -0.249 e. The van der Waals surface area contributed by atoms with Gasteiger partial charge in [0.1, 0.15) is 0 Å². The minimum absolute atomic E-state index is 0.122. The van der Waals surface area contributed by atoms with Crippen molar-refractivity contribution in [2.24, 2.45) is 5.41 Å². The van der Waals surface area contributed by atoms with Crippen molar-refractivity contribution in [3.05, 3.63) is 34.6 Å². The largest absolute Gasteiger partial charge is 0.249 e. The number of benzene rings is 1. The summed E-state index contributed by atoms with van der Waals surface area (Å²) in [6.07, 6.45) is 2.44. The number of aromatic nitrogens is 2. The molecule has 0 spiro atoms. The number of rotatable bonds is 2. The first-order valence-corrected chi connectivity index (χ1v) is 10.1. The zero-order chi connectivity index (χ0) is 15.7. The Kier molecular flexibility index (Phi) is 3.26. The van der Waals surface area contributed by atoms with Crippen LogP contribution in [0, 0.1) is 19.3 Å². The number of hydrogen-bond acceptors (Lipinski definition) is 2. The summed E-state index contributed by atoms with van der Waals surface area (Å²) in [5.41, 5.74) is 7.52. The van der Waals surface area contributed by atoms with E-state index in [4.69, 9.17) is 9.97 Å². The van der Waals surface area contributed by atoms with E-state index in [1.54, 1.807) is 0 Å². The van der Waals surface area contributed by atoms with Crippen LogP contribution in [-0.2, 0) is 5.41 Å². The summed E-state index contributed by atoms with van der Waals surface area (Å²) in [6, 6.07) is 4.38. The predicted octanol–water partition coefficient (Wildman–Crippen LogP) is 5.17. The van der Waals surface area contributed by atoms with Crippen molar-refractivity contribution >= 4 is 42.9 Å².